The first-order valence-corrected chi connectivity index (χ1v) is 7.03. The summed E-state index contributed by atoms with van der Waals surface area (Å²) < 4.78 is 0. The lowest BCUT2D eigenvalue weighted by atomic mass is 10.1. The first-order valence-electron chi connectivity index (χ1n) is 6.28. The Bertz CT molecular complexity index is 647. The van der Waals surface area contributed by atoms with Gasteiger partial charge < -0.3 is 5.32 Å². The Morgan fingerprint density at radius 3 is 2.65 bits per heavy atom. The van der Waals surface area contributed by atoms with E-state index in [0.717, 1.165) is 11.1 Å². The molecule has 4 heteroatoms. The van der Waals surface area contributed by atoms with Crippen LogP contribution < -0.4 is 5.32 Å². The Labute approximate surface area is 128 Å². The average molecular weight is 305 g/mol. The van der Waals surface area contributed by atoms with E-state index in [0.29, 0.717) is 22.2 Å². The third kappa shape index (κ3) is 3.52. The summed E-state index contributed by atoms with van der Waals surface area (Å²) in [6.45, 7) is 2.65. The van der Waals surface area contributed by atoms with Gasteiger partial charge in [0.1, 0.15) is 0 Å². The predicted octanol–water partition coefficient (Wildman–Crippen LogP) is 4.72. The molecule has 1 atom stereocenters. The van der Waals surface area contributed by atoms with E-state index in [2.05, 4.69) is 11.4 Å². The number of rotatable bonds is 4. The number of nitrogens with one attached hydrogen (secondary N) is 1. The van der Waals surface area contributed by atoms with E-state index in [1.54, 1.807) is 6.07 Å². The zero-order valence-electron chi connectivity index (χ0n) is 11.0. The van der Waals surface area contributed by atoms with Crippen molar-refractivity contribution in [3.8, 4) is 6.07 Å². The van der Waals surface area contributed by atoms with Gasteiger partial charge in [0.15, 0.2) is 0 Å². The van der Waals surface area contributed by atoms with E-state index in [-0.39, 0.29) is 6.04 Å². The van der Waals surface area contributed by atoms with Gasteiger partial charge in [-0.25, -0.2) is 0 Å². The summed E-state index contributed by atoms with van der Waals surface area (Å²) in [6, 6.07) is 15.3. The lowest BCUT2D eigenvalue weighted by Gasteiger charge is -2.16. The summed E-state index contributed by atoms with van der Waals surface area (Å²) >= 11 is 12.1. The van der Waals surface area contributed by atoms with Crippen molar-refractivity contribution in [1.29, 1.82) is 5.26 Å². The lowest BCUT2D eigenvalue weighted by molar-refractivity contribution is 0.574. The minimum absolute atomic E-state index is 0.0755. The van der Waals surface area contributed by atoms with Gasteiger partial charge >= 0.3 is 0 Å². The molecule has 0 saturated heterocycles. The molecule has 1 unspecified atom stereocenters. The number of nitrogens with zero attached hydrogens (tertiary/aromatic N) is 1. The molecule has 20 heavy (non-hydrogen) atoms. The summed E-state index contributed by atoms with van der Waals surface area (Å²) in [6.07, 6.45) is 0. The predicted molar refractivity (Wildman–Crippen MR) is 82.9 cm³/mol. The minimum atomic E-state index is 0.0755. The van der Waals surface area contributed by atoms with Crippen molar-refractivity contribution in [1.82, 2.24) is 5.32 Å². The van der Waals surface area contributed by atoms with Crippen molar-refractivity contribution in [2.75, 3.05) is 0 Å². The van der Waals surface area contributed by atoms with E-state index in [9.17, 15) is 0 Å². The molecule has 0 heterocycles. The number of halogens is 2. The van der Waals surface area contributed by atoms with Crippen molar-refractivity contribution in [3.05, 3.63) is 69.2 Å². The van der Waals surface area contributed by atoms with Gasteiger partial charge in [0.05, 0.1) is 11.6 Å². The molecule has 1 N–H and O–H groups in total. The van der Waals surface area contributed by atoms with E-state index < -0.39 is 0 Å². The summed E-state index contributed by atoms with van der Waals surface area (Å²) in [5.74, 6) is 0. The molecule has 0 fully saturated rings. The molecule has 2 nitrogen and oxygen atoms in total. The third-order valence-electron chi connectivity index (χ3n) is 3.17. The van der Waals surface area contributed by atoms with Crippen LogP contribution in [0.3, 0.4) is 0 Å². The molecule has 0 amide bonds. The van der Waals surface area contributed by atoms with Crippen LogP contribution in [0.15, 0.2) is 42.5 Å². The van der Waals surface area contributed by atoms with Crippen molar-refractivity contribution in [2.24, 2.45) is 0 Å². The van der Waals surface area contributed by atoms with Crippen LogP contribution in [0.4, 0.5) is 0 Å². The van der Waals surface area contributed by atoms with E-state index in [4.69, 9.17) is 28.5 Å². The van der Waals surface area contributed by atoms with E-state index >= 15 is 0 Å². The first kappa shape index (κ1) is 14.9. The first-order chi connectivity index (χ1) is 9.61. The highest BCUT2D eigenvalue weighted by atomic mass is 35.5. The largest absolute Gasteiger partial charge is 0.306 e. The van der Waals surface area contributed by atoms with Crippen LogP contribution in [-0.4, -0.2) is 0 Å². The highest BCUT2D eigenvalue weighted by Gasteiger charge is 2.10. The lowest BCUT2D eigenvalue weighted by Crippen LogP contribution is -2.19. The topological polar surface area (TPSA) is 35.8 Å². The Balaban J connectivity index is 2.09. The molecule has 2 rings (SSSR count). The number of benzene rings is 2. The molecule has 0 spiro atoms. The minimum Gasteiger partial charge on any atom is -0.306 e. The molecule has 0 aliphatic carbocycles. The second-order valence-corrected chi connectivity index (χ2v) is 5.38. The molecule has 102 valence electrons. The normalized spacial score (nSPS) is 11.9. The van der Waals surface area contributed by atoms with E-state index in [1.165, 1.54) is 0 Å². The SMILES string of the molecule is CC(NCc1ccccc1C#N)c1ccc(Cl)cc1Cl. The summed E-state index contributed by atoms with van der Waals surface area (Å²) in [5, 5.41) is 13.7. The van der Waals surface area contributed by atoms with Gasteiger partial charge in [0, 0.05) is 22.6 Å². The van der Waals surface area contributed by atoms with Crippen LogP contribution in [0, 0.1) is 11.3 Å². The monoisotopic (exact) mass is 304 g/mol. The standard InChI is InChI=1S/C16H14Cl2N2/c1-11(15-7-6-14(17)8-16(15)18)20-10-13-5-3-2-4-12(13)9-19/h2-8,11,20H,10H2,1H3. The maximum atomic E-state index is 9.06. The number of hydrogen-bond acceptors (Lipinski definition) is 2. The second kappa shape index (κ2) is 6.76. The van der Waals surface area contributed by atoms with Crippen LogP contribution in [0.1, 0.15) is 29.7 Å². The van der Waals surface area contributed by atoms with Gasteiger partial charge in [-0.1, -0.05) is 47.5 Å². The highest BCUT2D eigenvalue weighted by Crippen LogP contribution is 2.26. The van der Waals surface area contributed by atoms with Crippen LogP contribution in [-0.2, 0) is 6.54 Å². The zero-order chi connectivity index (χ0) is 14.5. The molecule has 0 aromatic heterocycles. The fourth-order valence-corrected chi connectivity index (χ4v) is 2.58. The van der Waals surface area contributed by atoms with E-state index in [1.807, 2.05) is 43.3 Å². The van der Waals surface area contributed by atoms with Crippen LogP contribution in [0.2, 0.25) is 10.0 Å². The van der Waals surface area contributed by atoms with Crippen LogP contribution in [0.5, 0.6) is 0 Å². The molecular formula is C16H14Cl2N2. The Kier molecular flexibility index (Phi) is 5.03. The second-order valence-electron chi connectivity index (χ2n) is 4.54. The van der Waals surface area contributed by atoms with Gasteiger partial charge in [0.2, 0.25) is 0 Å². The van der Waals surface area contributed by atoms with Gasteiger partial charge in [-0.2, -0.15) is 5.26 Å². The smallest absolute Gasteiger partial charge is 0.0995 e. The summed E-state index contributed by atoms with van der Waals surface area (Å²) in [7, 11) is 0. The molecular weight excluding hydrogens is 291 g/mol. The maximum absolute atomic E-state index is 9.06. The van der Waals surface area contributed by atoms with Crippen LogP contribution in [0.25, 0.3) is 0 Å². The molecule has 0 saturated carbocycles. The Morgan fingerprint density at radius 1 is 1.20 bits per heavy atom. The van der Waals surface area contributed by atoms with Crippen molar-refractivity contribution >= 4 is 23.2 Å². The van der Waals surface area contributed by atoms with Crippen molar-refractivity contribution in [3.63, 3.8) is 0 Å². The van der Waals surface area contributed by atoms with Crippen molar-refractivity contribution < 1.29 is 0 Å². The number of hydrogen-bond donors (Lipinski definition) is 1. The van der Waals surface area contributed by atoms with Gasteiger partial charge in [-0.05, 0) is 36.2 Å². The molecule has 0 bridgehead atoms. The van der Waals surface area contributed by atoms with Gasteiger partial charge in [0.25, 0.3) is 0 Å². The zero-order valence-corrected chi connectivity index (χ0v) is 12.5. The molecule has 2 aromatic rings. The van der Waals surface area contributed by atoms with Crippen LogP contribution >= 0.6 is 23.2 Å². The quantitative estimate of drug-likeness (QED) is 0.887. The maximum Gasteiger partial charge on any atom is 0.0995 e. The Morgan fingerprint density at radius 2 is 1.95 bits per heavy atom. The fraction of sp³-hybridized carbons (Fsp3) is 0.188. The summed E-state index contributed by atoms with van der Waals surface area (Å²) in [5.41, 5.74) is 2.66. The van der Waals surface area contributed by atoms with Gasteiger partial charge in [-0.3, -0.25) is 0 Å². The molecule has 0 radical (unpaired) electrons. The van der Waals surface area contributed by atoms with Gasteiger partial charge in [-0.15, -0.1) is 0 Å². The molecule has 0 aliphatic heterocycles. The number of nitriles is 1. The highest BCUT2D eigenvalue weighted by molar-refractivity contribution is 6.35. The van der Waals surface area contributed by atoms with Crippen molar-refractivity contribution in [2.45, 2.75) is 19.5 Å². The fourth-order valence-electron chi connectivity index (χ4n) is 2.01. The molecule has 2 aromatic carbocycles. The Hall–Kier alpha value is -1.53. The average Bonchev–Trinajstić information content (AvgIpc) is 2.45. The summed E-state index contributed by atoms with van der Waals surface area (Å²) in [4.78, 5) is 0. The molecule has 0 aliphatic rings. The third-order valence-corrected chi connectivity index (χ3v) is 3.73.